The molecule has 20 heavy (non-hydrogen) atoms. The van der Waals surface area contributed by atoms with E-state index >= 15 is 0 Å². The molecule has 0 aliphatic rings. The van der Waals surface area contributed by atoms with E-state index in [-0.39, 0.29) is 11.9 Å². The average molecular weight is 336 g/mol. The molecule has 3 heteroatoms. The Morgan fingerprint density at radius 3 is 2.60 bits per heavy atom. The van der Waals surface area contributed by atoms with Crippen molar-refractivity contribution in [3.63, 3.8) is 0 Å². The van der Waals surface area contributed by atoms with Gasteiger partial charge in [-0.1, -0.05) is 53.2 Å². The lowest BCUT2D eigenvalue weighted by atomic mass is 9.97. The van der Waals surface area contributed by atoms with Gasteiger partial charge in [0.15, 0.2) is 0 Å². The van der Waals surface area contributed by atoms with Crippen molar-refractivity contribution in [1.29, 1.82) is 0 Å². The molecule has 0 radical (unpaired) electrons. The Morgan fingerprint density at radius 1 is 1.20 bits per heavy atom. The maximum Gasteiger partial charge on any atom is 0.128 e. The fourth-order valence-electron chi connectivity index (χ4n) is 2.25. The second-order valence-corrected chi connectivity index (χ2v) is 5.77. The van der Waals surface area contributed by atoms with E-state index in [1.807, 2.05) is 31.2 Å². The highest BCUT2D eigenvalue weighted by Gasteiger charge is 2.17. The summed E-state index contributed by atoms with van der Waals surface area (Å²) in [6.07, 6.45) is 1.01. The fourth-order valence-corrected chi connectivity index (χ4v) is 2.50. The third-order valence-electron chi connectivity index (χ3n) is 3.33. The lowest BCUT2D eigenvalue weighted by molar-refractivity contribution is 0.546. The van der Waals surface area contributed by atoms with Crippen LogP contribution in [0.5, 0.6) is 0 Å². The summed E-state index contributed by atoms with van der Waals surface area (Å²) < 4.78 is 15.2. The Bertz CT molecular complexity index is 583. The zero-order chi connectivity index (χ0) is 14.5. The summed E-state index contributed by atoms with van der Waals surface area (Å²) in [6.45, 7) is 5.01. The second-order valence-electron chi connectivity index (χ2n) is 4.92. The smallest absolute Gasteiger partial charge is 0.128 e. The van der Waals surface area contributed by atoms with E-state index in [0.717, 1.165) is 28.6 Å². The summed E-state index contributed by atoms with van der Waals surface area (Å²) in [7, 11) is 0. The second kappa shape index (κ2) is 7.00. The van der Waals surface area contributed by atoms with E-state index in [1.54, 1.807) is 6.07 Å². The van der Waals surface area contributed by atoms with Gasteiger partial charge >= 0.3 is 0 Å². The molecular formula is C17H19BrFN. The van der Waals surface area contributed by atoms with Crippen molar-refractivity contribution in [1.82, 2.24) is 5.32 Å². The van der Waals surface area contributed by atoms with Crippen LogP contribution >= 0.6 is 15.9 Å². The minimum absolute atomic E-state index is 0.108. The van der Waals surface area contributed by atoms with Gasteiger partial charge in [0.2, 0.25) is 0 Å². The normalized spacial score (nSPS) is 12.4. The predicted octanol–water partition coefficient (Wildman–Crippen LogP) is 4.99. The van der Waals surface area contributed by atoms with Crippen LogP contribution in [-0.2, 0) is 0 Å². The number of benzene rings is 2. The molecule has 0 saturated heterocycles. The maximum absolute atomic E-state index is 14.1. The SMILES string of the molecule is CCCNC(c1ccc(Br)c(C)c1)c1ccccc1F. The van der Waals surface area contributed by atoms with Gasteiger partial charge in [-0.25, -0.2) is 4.39 Å². The average Bonchev–Trinajstić information content (AvgIpc) is 2.44. The Morgan fingerprint density at radius 2 is 1.95 bits per heavy atom. The lowest BCUT2D eigenvalue weighted by Gasteiger charge is -2.21. The highest BCUT2D eigenvalue weighted by atomic mass is 79.9. The van der Waals surface area contributed by atoms with E-state index < -0.39 is 0 Å². The first kappa shape index (κ1) is 15.2. The van der Waals surface area contributed by atoms with Crippen LogP contribution in [0, 0.1) is 12.7 Å². The van der Waals surface area contributed by atoms with Gasteiger partial charge in [0.25, 0.3) is 0 Å². The van der Waals surface area contributed by atoms with Crippen LogP contribution in [0.1, 0.15) is 36.1 Å². The quantitative estimate of drug-likeness (QED) is 0.811. The van der Waals surface area contributed by atoms with Gasteiger partial charge in [0.1, 0.15) is 5.82 Å². The molecule has 1 unspecified atom stereocenters. The molecule has 1 nitrogen and oxygen atoms in total. The molecule has 2 aromatic rings. The van der Waals surface area contributed by atoms with Crippen LogP contribution in [0.2, 0.25) is 0 Å². The van der Waals surface area contributed by atoms with E-state index in [4.69, 9.17) is 0 Å². The van der Waals surface area contributed by atoms with Crippen LogP contribution in [0.15, 0.2) is 46.9 Å². The molecule has 0 heterocycles. The Kier molecular flexibility index (Phi) is 5.32. The first-order valence-electron chi connectivity index (χ1n) is 6.87. The molecule has 1 N–H and O–H groups in total. The zero-order valence-corrected chi connectivity index (χ0v) is 13.4. The molecule has 0 fully saturated rings. The number of rotatable bonds is 5. The van der Waals surface area contributed by atoms with Gasteiger partial charge in [-0.3, -0.25) is 0 Å². The largest absolute Gasteiger partial charge is 0.306 e. The molecule has 0 bridgehead atoms. The molecule has 0 amide bonds. The monoisotopic (exact) mass is 335 g/mol. The molecule has 1 atom stereocenters. The minimum Gasteiger partial charge on any atom is -0.306 e. The number of aryl methyl sites for hydroxylation is 1. The summed E-state index contributed by atoms with van der Waals surface area (Å²) in [4.78, 5) is 0. The molecule has 0 aliphatic carbocycles. The van der Waals surface area contributed by atoms with Crippen molar-refractivity contribution in [3.05, 3.63) is 69.4 Å². The molecule has 106 valence electrons. The highest BCUT2D eigenvalue weighted by molar-refractivity contribution is 9.10. The van der Waals surface area contributed by atoms with Crippen molar-refractivity contribution < 1.29 is 4.39 Å². The van der Waals surface area contributed by atoms with E-state index in [9.17, 15) is 4.39 Å². The van der Waals surface area contributed by atoms with Crippen LogP contribution in [0.3, 0.4) is 0 Å². The molecule has 0 saturated carbocycles. The van der Waals surface area contributed by atoms with Crippen molar-refractivity contribution >= 4 is 15.9 Å². The van der Waals surface area contributed by atoms with Crippen molar-refractivity contribution in [2.75, 3.05) is 6.54 Å². The highest BCUT2D eigenvalue weighted by Crippen LogP contribution is 2.27. The standard InChI is InChI=1S/C17H19BrFN/c1-3-10-20-17(14-6-4-5-7-16(14)19)13-8-9-15(18)12(2)11-13/h4-9,11,17,20H,3,10H2,1-2H3. The van der Waals surface area contributed by atoms with Crippen molar-refractivity contribution in [2.24, 2.45) is 0 Å². The fraction of sp³-hybridized carbons (Fsp3) is 0.294. The van der Waals surface area contributed by atoms with Crippen molar-refractivity contribution in [2.45, 2.75) is 26.3 Å². The third kappa shape index (κ3) is 3.47. The summed E-state index contributed by atoms with van der Waals surface area (Å²) in [5.41, 5.74) is 2.94. The molecule has 0 spiro atoms. The predicted molar refractivity (Wildman–Crippen MR) is 85.4 cm³/mol. The minimum atomic E-state index is -0.165. The first-order chi connectivity index (χ1) is 9.63. The zero-order valence-electron chi connectivity index (χ0n) is 11.8. The van der Waals surface area contributed by atoms with Crippen LogP contribution in [0.4, 0.5) is 4.39 Å². The van der Waals surface area contributed by atoms with Gasteiger partial charge in [0.05, 0.1) is 6.04 Å². The summed E-state index contributed by atoms with van der Waals surface area (Å²) in [5.74, 6) is -0.165. The Hall–Kier alpha value is -1.19. The van der Waals surface area contributed by atoms with Gasteiger partial charge in [-0.2, -0.15) is 0 Å². The van der Waals surface area contributed by atoms with E-state index in [1.165, 1.54) is 6.07 Å². The van der Waals surface area contributed by atoms with Gasteiger partial charge in [-0.05, 0) is 43.1 Å². The number of hydrogen-bond acceptors (Lipinski definition) is 1. The Balaban J connectivity index is 2.41. The van der Waals surface area contributed by atoms with Crippen LogP contribution in [0.25, 0.3) is 0 Å². The van der Waals surface area contributed by atoms with Gasteiger partial charge in [-0.15, -0.1) is 0 Å². The molecule has 2 rings (SSSR count). The van der Waals surface area contributed by atoms with Crippen LogP contribution in [-0.4, -0.2) is 6.54 Å². The van der Waals surface area contributed by atoms with Crippen molar-refractivity contribution in [3.8, 4) is 0 Å². The van der Waals surface area contributed by atoms with Gasteiger partial charge < -0.3 is 5.32 Å². The van der Waals surface area contributed by atoms with Gasteiger partial charge in [0, 0.05) is 10.0 Å². The molecule has 0 aromatic heterocycles. The number of halogens is 2. The molecular weight excluding hydrogens is 317 g/mol. The Labute approximate surface area is 128 Å². The number of nitrogens with one attached hydrogen (secondary N) is 1. The first-order valence-corrected chi connectivity index (χ1v) is 7.66. The summed E-state index contributed by atoms with van der Waals surface area (Å²) in [5, 5.41) is 3.43. The molecule has 2 aromatic carbocycles. The van der Waals surface area contributed by atoms with E-state index in [2.05, 4.69) is 34.2 Å². The lowest BCUT2D eigenvalue weighted by Crippen LogP contribution is -2.24. The maximum atomic E-state index is 14.1. The topological polar surface area (TPSA) is 12.0 Å². The van der Waals surface area contributed by atoms with Crippen LogP contribution < -0.4 is 5.32 Å². The third-order valence-corrected chi connectivity index (χ3v) is 4.22. The summed E-state index contributed by atoms with van der Waals surface area (Å²) >= 11 is 3.51. The van der Waals surface area contributed by atoms with E-state index in [0.29, 0.717) is 5.56 Å². The number of hydrogen-bond donors (Lipinski definition) is 1. The molecule has 0 aliphatic heterocycles. The summed E-state index contributed by atoms with van der Waals surface area (Å²) in [6, 6.07) is 13.0.